The molecule has 0 aromatic rings. The summed E-state index contributed by atoms with van der Waals surface area (Å²) in [6, 6.07) is 0. The molecule has 0 saturated carbocycles. The van der Waals surface area contributed by atoms with Crippen LogP contribution >= 0.6 is 24.0 Å². The van der Waals surface area contributed by atoms with Gasteiger partial charge in [0.1, 0.15) is 5.60 Å². The van der Waals surface area contributed by atoms with Crippen LogP contribution in [0, 0.1) is 0 Å². The second kappa shape index (κ2) is 12.2. The summed E-state index contributed by atoms with van der Waals surface area (Å²) in [5.41, 5.74) is -1.09. The molecular formula is C16H34IN5O3. The Hall–Kier alpha value is -1.26. The number of nitrogens with one attached hydrogen (secondary N) is 4. The Morgan fingerprint density at radius 1 is 1.00 bits per heavy atom. The number of hydrogen-bond donors (Lipinski definition) is 4. The third kappa shape index (κ3) is 16.0. The average molecular weight is 471 g/mol. The van der Waals surface area contributed by atoms with Gasteiger partial charge in [-0.15, -0.1) is 24.0 Å². The molecule has 0 aliphatic rings. The maximum Gasteiger partial charge on any atom is 0.408 e. The fraction of sp³-hybridized carbons (Fsp3) is 0.812. The molecule has 4 N–H and O–H groups in total. The quantitative estimate of drug-likeness (QED) is 0.196. The van der Waals surface area contributed by atoms with Crippen molar-refractivity contribution in [3.05, 3.63) is 0 Å². The molecule has 9 heteroatoms. The first-order valence-corrected chi connectivity index (χ1v) is 8.23. The number of alkyl carbamates (subject to hydrolysis) is 1. The lowest BCUT2D eigenvalue weighted by atomic mass is 10.1. The van der Waals surface area contributed by atoms with Gasteiger partial charge in [-0.2, -0.15) is 0 Å². The number of carbonyl (C=O) groups is 2. The van der Waals surface area contributed by atoms with E-state index in [9.17, 15) is 9.59 Å². The van der Waals surface area contributed by atoms with Gasteiger partial charge < -0.3 is 26.0 Å². The molecule has 0 bridgehead atoms. The SMILES string of the molecule is CCNC(=NCC(C)(C)NC(=O)OC(C)(C)C)NCCNC(C)=O.I. The van der Waals surface area contributed by atoms with Crippen molar-refractivity contribution in [1.29, 1.82) is 0 Å². The van der Waals surface area contributed by atoms with Crippen LogP contribution < -0.4 is 21.3 Å². The number of carbonyl (C=O) groups excluding carboxylic acids is 2. The van der Waals surface area contributed by atoms with Crippen molar-refractivity contribution in [3.63, 3.8) is 0 Å². The second-order valence-electron chi connectivity index (χ2n) is 7.12. The Morgan fingerprint density at radius 2 is 1.56 bits per heavy atom. The van der Waals surface area contributed by atoms with Crippen molar-refractivity contribution < 1.29 is 14.3 Å². The van der Waals surface area contributed by atoms with Crippen molar-refractivity contribution in [1.82, 2.24) is 21.3 Å². The largest absolute Gasteiger partial charge is 0.444 e. The molecule has 0 fully saturated rings. The van der Waals surface area contributed by atoms with Crippen LogP contribution in [-0.2, 0) is 9.53 Å². The normalized spacial score (nSPS) is 11.9. The molecule has 0 radical (unpaired) electrons. The van der Waals surface area contributed by atoms with Crippen LogP contribution in [0.2, 0.25) is 0 Å². The van der Waals surface area contributed by atoms with E-state index in [1.165, 1.54) is 6.92 Å². The minimum atomic E-state index is -0.553. The van der Waals surface area contributed by atoms with E-state index in [-0.39, 0.29) is 29.9 Å². The molecule has 0 aromatic carbocycles. The zero-order valence-electron chi connectivity index (χ0n) is 16.4. The summed E-state index contributed by atoms with van der Waals surface area (Å²) in [5, 5.41) is 11.8. The van der Waals surface area contributed by atoms with Gasteiger partial charge in [0.25, 0.3) is 0 Å². The van der Waals surface area contributed by atoms with Crippen molar-refractivity contribution in [2.75, 3.05) is 26.2 Å². The van der Waals surface area contributed by atoms with E-state index < -0.39 is 17.2 Å². The molecule has 2 amide bonds. The van der Waals surface area contributed by atoms with E-state index in [0.717, 1.165) is 0 Å². The Bertz CT molecular complexity index is 448. The predicted molar refractivity (Wildman–Crippen MR) is 112 cm³/mol. The Kier molecular flexibility index (Phi) is 12.6. The third-order valence-corrected chi connectivity index (χ3v) is 2.61. The molecule has 0 aliphatic carbocycles. The zero-order chi connectivity index (χ0) is 18.8. The molecular weight excluding hydrogens is 437 g/mol. The van der Waals surface area contributed by atoms with Gasteiger partial charge >= 0.3 is 6.09 Å². The van der Waals surface area contributed by atoms with Crippen LogP contribution in [-0.4, -0.2) is 55.3 Å². The topological polar surface area (TPSA) is 104 Å². The lowest BCUT2D eigenvalue weighted by Crippen LogP contribution is -2.49. The summed E-state index contributed by atoms with van der Waals surface area (Å²) < 4.78 is 5.26. The first-order chi connectivity index (χ1) is 10.9. The summed E-state index contributed by atoms with van der Waals surface area (Å²) >= 11 is 0. The van der Waals surface area contributed by atoms with Crippen LogP contribution in [0.1, 0.15) is 48.5 Å². The predicted octanol–water partition coefficient (Wildman–Crippen LogP) is 1.60. The highest BCUT2D eigenvalue weighted by Gasteiger charge is 2.24. The van der Waals surface area contributed by atoms with E-state index in [1.807, 2.05) is 41.5 Å². The standard InChI is InChI=1S/C16H33N5O3.HI/c1-8-17-13(19-10-9-18-12(2)22)20-11-16(6,7)21-14(23)24-15(3,4)5;/h8-11H2,1-7H3,(H,18,22)(H,21,23)(H2,17,19,20);1H. The van der Waals surface area contributed by atoms with E-state index in [2.05, 4.69) is 26.3 Å². The van der Waals surface area contributed by atoms with E-state index in [0.29, 0.717) is 32.1 Å². The second-order valence-corrected chi connectivity index (χ2v) is 7.12. The van der Waals surface area contributed by atoms with Crippen LogP contribution in [0.3, 0.4) is 0 Å². The monoisotopic (exact) mass is 471 g/mol. The summed E-state index contributed by atoms with van der Waals surface area (Å²) in [6.45, 7) is 14.8. The third-order valence-electron chi connectivity index (χ3n) is 2.61. The van der Waals surface area contributed by atoms with Gasteiger partial charge in [0.2, 0.25) is 5.91 Å². The van der Waals surface area contributed by atoms with Crippen molar-refractivity contribution in [3.8, 4) is 0 Å². The van der Waals surface area contributed by atoms with Gasteiger partial charge in [0.05, 0.1) is 12.1 Å². The fourth-order valence-corrected chi connectivity index (χ4v) is 1.66. The highest BCUT2D eigenvalue weighted by Crippen LogP contribution is 2.09. The maximum atomic E-state index is 11.9. The summed E-state index contributed by atoms with van der Waals surface area (Å²) in [5.74, 6) is 0.559. The molecule has 0 rings (SSSR count). The van der Waals surface area contributed by atoms with Gasteiger partial charge in [-0.05, 0) is 41.5 Å². The van der Waals surface area contributed by atoms with E-state index in [1.54, 1.807) is 0 Å². The molecule has 0 aromatic heterocycles. The first kappa shape index (κ1) is 26.0. The highest BCUT2D eigenvalue weighted by molar-refractivity contribution is 14.0. The number of amides is 2. The van der Waals surface area contributed by atoms with Crippen molar-refractivity contribution in [2.24, 2.45) is 4.99 Å². The number of aliphatic imine (C=N–C) groups is 1. The molecule has 0 saturated heterocycles. The van der Waals surface area contributed by atoms with Crippen LogP contribution in [0.5, 0.6) is 0 Å². The van der Waals surface area contributed by atoms with Crippen LogP contribution in [0.4, 0.5) is 4.79 Å². The first-order valence-electron chi connectivity index (χ1n) is 8.23. The number of nitrogens with zero attached hydrogens (tertiary/aromatic N) is 1. The number of ether oxygens (including phenoxy) is 1. The Balaban J connectivity index is 0. The van der Waals surface area contributed by atoms with Gasteiger partial charge in [0, 0.05) is 26.6 Å². The minimum absolute atomic E-state index is 0. The van der Waals surface area contributed by atoms with Gasteiger partial charge in [-0.25, -0.2) is 4.79 Å². The van der Waals surface area contributed by atoms with Crippen LogP contribution in [0.25, 0.3) is 0 Å². The van der Waals surface area contributed by atoms with E-state index in [4.69, 9.17) is 4.74 Å². The average Bonchev–Trinajstić information content (AvgIpc) is 2.37. The van der Waals surface area contributed by atoms with E-state index >= 15 is 0 Å². The van der Waals surface area contributed by atoms with Gasteiger partial charge in [0.15, 0.2) is 5.96 Å². The number of guanidine groups is 1. The summed E-state index contributed by atoms with van der Waals surface area (Å²) in [7, 11) is 0. The molecule has 0 aliphatic heterocycles. The molecule has 0 heterocycles. The summed E-state index contributed by atoms with van der Waals surface area (Å²) in [6.07, 6.45) is -0.466. The smallest absolute Gasteiger partial charge is 0.408 e. The molecule has 148 valence electrons. The fourth-order valence-electron chi connectivity index (χ4n) is 1.66. The Morgan fingerprint density at radius 3 is 2.04 bits per heavy atom. The number of rotatable bonds is 7. The maximum absolute atomic E-state index is 11.9. The molecule has 0 unspecified atom stereocenters. The lowest BCUT2D eigenvalue weighted by Gasteiger charge is -2.27. The molecule has 25 heavy (non-hydrogen) atoms. The van der Waals surface area contributed by atoms with Crippen molar-refractivity contribution >= 4 is 41.9 Å². The minimum Gasteiger partial charge on any atom is -0.444 e. The molecule has 0 spiro atoms. The molecule has 0 atom stereocenters. The van der Waals surface area contributed by atoms with Gasteiger partial charge in [-0.3, -0.25) is 9.79 Å². The number of halogens is 1. The zero-order valence-corrected chi connectivity index (χ0v) is 18.7. The highest BCUT2D eigenvalue weighted by atomic mass is 127. The molecule has 8 nitrogen and oxygen atoms in total. The summed E-state index contributed by atoms with van der Waals surface area (Å²) in [4.78, 5) is 27.2. The van der Waals surface area contributed by atoms with Gasteiger partial charge in [-0.1, -0.05) is 0 Å². The van der Waals surface area contributed by atoms with Crippen LogP contribution in [0.15, 0.2) is 4.99 Å². The Labute approximate surface area is 168 Å². The number of hydrogen-bond acceptors (Lipinski definition) is 4. The lowest BCUT2D eigenvalue weighted by molar-refractivity contribution is -0.118. The van der Waals surface area contributed by atoms with Crippen molar-refractivity contribution in [2.45, 2.75) is 59.6 Å².